The summed E-state index contributed by atoms with van der Waals surface area (Å²) in [6.07, 6.45) is 0.980. The van der Waals surface area contributed by atoms with E-state index < -0.39 is 59.6 Å². The summed E-state index contributed by atoms with van der Waals surface area (Å²) >= 11 is 0. The lowest BCUT2D eigenvalue weighted by molar-refractivity contribution is -0.158. The van der Waals surface area contributed by atoms with Gasteiger partial charge in [0.1, 0.15) is 46.8 Å². The molecule has 1 fully saturated rings. The molecule has 2 heterocycles. The van der Waals surface area contributed by atoms with Gasteiger partial charge in [-0.2, -0.15) is 0 Å². The number of rotatable bonds is 5. The van der Waals surface area contributed by atoms with Gasteiger partial charge in [-0.05, 0) is 83.4 Å². The SMILES string of the molecule is COc1ccc(CO[C@@H]2C(F)=C[C@@H](C)[C@H](C)OC(=O)c3c(O)cc(N(C)C(=O)OC(C)(C)C)cc3C=CC[C@@H]3OC(C)(C)O[C@@H]32)cc1. The molecule has 2 aliphatic rings. The van der Waals surface area contributed by atoms with Crippen LogP contribution in [-0.4, -0.2) is 67.1 Å². The number of carbonyl (C=O) groups excluding carboxylic acids is 2. The van der Waals surface area contributed by atoms with Crippen molar-refractivity contribution in [1.82, 2.24) is 0 Å². The van der Waals surface area contributed by atoms with E-state index in [2.05, 4.69) is 0 Å². The fourth-order valence-corrected chi connectivity index (χ4v) is 5.30. The minimum absolute atomic E-state index is 0.0932. The van der Waals surface area contributed by atoms with E-state index in [1.807, 2.05) is 12.1 Å². The second-order valence-electron chi connectivity index (χ2n) is 13.3. The molecule has 0 aliphatic carbocycles. The van der Waals surface area contributed by atoms with Crippen molar-refractivity contribution in [1.29, 1.82) is 0 Å². The lowest BCUT2D eigenvalue weighted by atomic mass is 9.97. The van der Waals surface area contributed by atoms with E-state index in [1.54, 1.807) is 85.9 Å². The molecule has 0 spiro atoms. The highest BCUT2D eigenvalue weighted by Gasteiger charge is 2.47. The van der Waals surface area contributed by atoms with Crippen LogP contribution in [0.3, 0.4) is 0 Å². The predicted octanol–water partition coefficient (Wildman–Crippen LogP) is 7.33. The van der Waals surface area contributed by atoms with Crippen LogP contribution in [-0.2, 0) is 30.3 Å². The zero-order valence-corrected chi connectivity index (χ0v) is 28.5. The molecular weight excluding hydrogens is 609 g/mol. The van der Waals surface area contributed by atoms with E-state index >= 15 is 4.39 Å². The Morgan fingerprint density at radius 3 is 2.45 bits per heavy atom. The van der Waals surface area contributed by atoms with Gasteiger partial charge in [0.05, 0.1) is 25.5 Å². The Morgan fingerprint density at radius 2 is 1.81 bits per heavy atom. The van der Waals surface area contributed by atoms with Crippen molar-refractivity contribution in [3.63, 3.8) is 0 Å². The number of carbonyl (C=O) groups is 2. The Kier molecular flexibility index (Phi) is 11.0. The molecule has 1 N–H and O–H groups in total. The van der Waals surface area contributed by atoms with E-state index in [0.717, 1.165) is 5.56 Å². The van der Waals surface area contributed by atoms with Gasteiger partial charge in [-0.15, -0.1) is 0 Å². The highest BCUT2D eigenvalue weighted by atomic mass is 19.1. The summed E-state index contributed by atoms with van der Waals surface area (Å²) in [4.78, 5) is 27.5. The molecule has 2 aromatic carbocycles. The topological polar surface area (TPSA) is 113 Å². The summed E-state index contributed by atoms with van der Waals surface area (Å²) in [5, 5.41) is 11.1. The lowest BCUT2D eigenvalue weighted by Crippen LogP contribution is -2.38. The summed E-state index contributed by atoms with van der Waals surface area (Å²) in [7, 11) is 3.09. The van der Waals surface area contributed by atoms with Crippen LogP contribution in [0.1, 0.15) is 76.4 Å². The van der Waals surface area contributed by atoms with Crippen LogP contribution in [0.5, 0.6) is 11.5 Å². The molecule has 2 aliphatic heterocycles. The second-order valence-corrected chi connectivity index (χ2v) is 13.3. The fraction of sp³-hybridized carbons (Fsp3) is 0.500. The lowest BCUT2D eigenvalue weighted by Gasteiger charge is -2.27. The van der Waals surface area contributed by atoms with Crippen LogP contribution in [0, 0.1) is 5.92 Å². The van der Waals surface area contributed by atoms with E-state index in [4.69, 9.17) is 28.4 Å². The largest absolute Gasteiger partial charge is 0.507 e. The van der Waals surface area contributed by atoms with E-state index in [0.29, 0.717) is 17.0 Å². The molecule has 0 saturated carbocycles. The Hall–Kier alpha value is -3.93. The molecule has 10 nitrogen and oxygen atoms in total. The molecule has 0 radical (unpaired) electrons. The second kappa shape index (κ2) is 14.5. The minimum Gasteiger partial charge on any atom is -0.507 e. The molecule has 1 amide bonds. The van der Waals surface area contributed by atoms with Crippen LogP contribution in [0.15, 0.2) is 54.4 Å². The maximum atomic E-state index is 16.2. The van der Waals surface area contributed by atoms with Crippen molar-refractivity contribution < 1.29 is 47.5 Å². The van der Waals surface area contributed by atoms with Crippen molar-refractivity contribution in [3.8, 4) is 11.5 Å². The van der Waals surface area contributed by atoms with Gasteiger partial charge in [0.15, 0.2) is 5.79 Å². The number of amides is 1. The number of halogens is 1. The number of cyclic esters (lactones) is 1. The molecule has 4 rings (SSSR count). The van der Waals surface area contributed by atoms with Crippen LogP contribution >= 0.6 is 0 Å². The maximum absolute atomic E-state index is 16.2. The quantitative estimate of drug-likeness (QED) is 0.331. The summed E-state index contributed by atoms with van der Waals surface area (Å²) in [5.41, 5.74) is 0.582. The van der Waals surface area contributed by atoms with Gasteiger partial charge in [0.25, 0.3) is 0 Å². The zero-order valence-electron chi connectivity index (χ0n) is 28.5. The summed E-state index contributed by atoms with van der Waals surface area (Å²) in [5.74, 6) is -2.69. The number of hydrogen-bond donors (Lipinski definition) is 1. The standard InChI is InChI=1S/C36H46FNO9/c1-21-17-27(37)31(43-20-23-13-15-26(42-9)16-14-23)32-29(45-36(6,7)46-32)12-10-11-24-18-25(38(8)34(41)47-35(3,4)5)19-28(39)30(24)33(40)44-22(21)2/h10-11,13-19,21-22,29,31-32,39H,12,20H2,1-9H3/t21-,22+,29+,31-,32+/m1/s1. The molecule has 0 bridgehead atoms. The minimum atomic E-state index is -1.13. The van der Waals surface area contributed by atoms with E-state index in [9.17, 15) is 14.7 Å². The third kappa shape index (κ3) is 9.12. The number of hydrogen-bond acceptors (Lipinski definition) is 9. The maximum Gasteiger partial charge on any atom is 0.414 e. The predicted molar refractivity (Wildman–Crippen MR) is 175 cm³/mol. The number of benzene rings is 2. The third-order valence-electron chi connectivity index (χ3n) is 7.89. The average Bonchev–Trinajstić information content (AvgIpc) is 3.28. The fourth-order valence-electron chi connectivity index (χ4n) is 5.30. The number of nitrogens with zero attached hydrogens (tertiary/aromatic N) is 1. The third-order valence-corrected chi connectivity index (χ3v) is 7.89. The van der Waals surface area contributed by atoms with Gasteiger partial charge in [-0.1, -0.05) is 31.2 Å². The van der Waals surface area contributed by atoms with Crippen LogP contribution in [0.4, 0.5) is 14.9 Å². The summed E-state index contributed by atoms with van der Waals surface area (Å²) in [6, 6.07) is 10.2. The molecule has 2 aromatic rings. The molecule has 11 heteroatoms. The Bertz CT molecular complexity index is 1500. The molecule has 0 aromatic heterocycles. The smallest absolute Gasteiger partial charge is 0.414 e. The summed E-state index contributed by atoms with van der Waals surface area (Å²) in [6.45, 7) is 12.2. The van der Waals surface area contributed by atoms with E-state index in [-0.39, 0.29) is 24.3 Å². The first-order valence-corrected chi connectivity index (χ1v) is 15.7. The zero-order chi connectivity index (χ0) is 34.7. The Balaban J connectivity index is 1.72. The van der Waals surface area contributed by atoms with Crippen molar-refractivity contribution in [2.45, 2.75) is 97.3 Å². The van der Waals surface area contributed by atoms with Gasteiger partial charge < -0.3 is 33.5 Å². The molecule has 5 atom stereocenters. The highest BCUT2D eigenvalue weighted by molar-refractivity contribution is 5.99. The molecular formula is C36H46FNO9. The average molecular weight is 656 g/mol. The number of ether oxygens (including phenoxy) is 6. The molecule has 47 heavy (non-hydrogen) atoms. The first-order chi connectivity index (χ1) is 22.0. The van der Waals surface area contributed by atoms with Crippen molar-refractivity contribution in [3.05, 3.63) is 71.1 Å². The number of methoxy groups -OCH3 is 1. The van der Waals surface area contributed by atoms with E-state index in [1.165, 1.54) is 24.1 Å². The van der Waals surface area contributed by atoms with Gasteiger partial charge >= 0.3 is 12.1 Å². The van der Waals surface area contributed by atoms with Crippen molar-refractivity contribution in [2.24, 2.45) is 5.92 Å². The molecule has 1 saturated heterocycles. The number of anilines is 1. The van der Waals surface area contributed by atoms with Gasteiger partial charge in [-0.25, -0.2) is 14.0 Å². The molecule has 0 unspecified atom stereocenters. The van der Waals surface area contributed by atoms with Crippen molar-refractivity contribution >= 4 is 23.8 Å². The Morgan fingerprint density at radius 1 is 1.13 bits per heavy atom. The number of phenolic OH excluding ortho intramolecular Hbond substituents is 1. The normalized spacial score (nSPS) is 24.7. The van der Waals surface area contributed by atoms with Crippen molar-refractivity contribution in [2.75, 3.05) is 19.1 Å². The number of phenols is 1. The van der Waals surface area contributed by atoms with Crippen LogP contribution < -0.4 is 9.64 Å². The van der Waals surface area contributed by atoms with Gasteiger partial charge in [-0.3, -0.25) is 4.90 Å². The monoisotopic (exact) mass is 655 g/mol. The Labute approximate surface area is 276 Å². The molecule has 256 valence electrons. The van der Waals surface area contributed by atoms with Gasteiger partial charge in [0.2, 0.25) is 0 Å². The highest BCUT2D eigenvalue weighted by Crippen LogP contribution is 2.37. The van der Waals surface area contributed by atoms with Crippen LogP contribution in [0.2, 0.25) is 0 Å². The number of esters is 1. The van der Waals surface area contributed by atoms with Crippen LogP contribution in [0.25, 0.3) is 6.08 Å². The number of aromatic hydroxyl groups is 1. The first-order valence-electron chi connectivity index (χ1n) is 15.7. The first kappa shape index (κ1) is 35.9. The summed E-state index contributed by atoms with van der Waals surface area (Å²) < 4.78 is 51.3. The van der Waals surface area contributed by atoms with Gasteiger partial charge in [0, 0.05) is 19.0 Å². The number of fused-ring (bicyclic) bond motifs is 2.